The molecule has 1 saturated carbocycles. The van der Waals surface area contributed by atoms with E-state index in [9.17, 15) is 19.5 Å². The fraction of sp³-hybridized carbons (Fsp3) is 0.405. The second kappa shape index (κ2) is 13.6. The van der Waals surface area contributed by atoms with E-state index in [0.29, 0.717) is 46.6 Å². The summed E-state index contributed by atoms with van der Waals surface area (Å²) in [6.07, 6.45) is 1.82. The highest BCUT2D eigenvalue weighted by atomic mass is 16.6. The van der Waals surface area contributed by atoms with Crippen molar-refractivity contribution in [3.8, 4) is 5.75 Å². The Morgan fingerprint density at radius 2 is 1.64 bits per heavy atom. The first-order chi connectivity index (χ1) is 24.0. The highest BCUT2D eigenvalue weighted by Crippen LogP contribution is 2.49. The van der Waals surface area contributed by atoms with Gasteiger partial charge in [-0.3, -0.25) is 4.79 Å². The molecule has 8 heteroatoms. The first kappa shape index (κ1) is 33.8. The third-order valence-corrected chi connectivity index (χ3v) is 10.9. The maximum absolute atomic E-state index is 14.3. The molecule has 8 rings (SSSR count). The molecule has 0 spiro atoms. The Bertz CT molecular complexity index is 2000. The van der Waals surface area contributed by atoms with Gasteiger partial charge in [-0.15, -0.1) is 0 Å². The summed E-state index contributed by atoms with van der Waals surface area (Å²) in [5.74, 6) is -0.137. The van der Waals surface area contributed by atoms with Crippen LogP contribution in [0.5, 0.6) is 5.75 Å². The van der Waals surface area contributed by atoms with Crippen molar-refractivity contribution in [1.82, 2.24) is 0 Å². The van der Waals surface area contributed by atoms with Gasteiger partial charge in [0.2, 0.25) is 0 Å². The summed E-state index contributed by atoms with van der Waals surface area (Å²) in [6, 6.07) is 23.8. The number of aliphatic hydroxyl groups is 1. The summed E-state index contributed by atoms with van der Waals surface area (Å²) in [7, 11) is 0. The summed E-state index contributed by atoms with van der Waals surface area (Å²) in [4.78, 5) is 41.1. The van der Waals surface area contributed by atoms with Crippen LogP contribution >= 0.6 is 0 Å². The topological polar surface area (TPSA) is 112 Å². The van der Waals surface area contributed by atoms with E-state index < -0.39 is 42.0 Å². The number of benzene rings is 3. The van der Waals surface area contributed by atoms with Gasteiger partial charge in [-0.1, -0.05) is 60.2 Å². The summed E-state index contributed by atoms with van der Waals surface area (Å²) in [5.41, 5.74) is 3.97. The molecule has 0 amide bonds. The van der Waals surface area contributed by atoms with Gasteiger partial charge in [0.25, 0.3) is 0 Å². The van der Waals surface area contributed by atoms with Crippen LogP contribution in [-0.2, 0) is 32.1 Å². The molecule has 4 aliphatic rings. The van der Waals surface area contributed by atoms with Crippen LogP contribution in [-0.4, -0.2) is 28.8 Å². The predicted molar refractivity (Wildman–Crippen MR) is 189 cm³/mol. The molecule has 0 unspecified atom stereocenters. The molecule has 1 fully saturated rings. The molecule has 1 aromatic heterocycles. The number of hydrogen-bond acceptors (Lipinski definition) is 8. The molecule has 2 bridgehead atoms. The molecular weight excluding hydrogens is 632 g/mol. The molecule has 0 saturated heterocycles. The fourth-order valence-electron chi connectivity index (χ4n) is 8.27. The fourth-order valence-corrected chi connectivity index (χ4v) is 8.27. The molecule has 260 valence electrons. The molecular formula is C42H44O8. The van der Waals surface area contributed by atoms with Gasteiger partial charge in [0.05, 0.1) is 12.2 Å². The Morgan fingerprint density at radius 3 is 2.36 bits per heavy atom. The zero-order chi connectivity index (χ0) is 35.2. The monoisotopic (exact) mass is 676 g/mol. The minimum Gasteiger partial charge on any atom is -0.483 e. The van der Waals surface area contributed by atoms with Gasteiger partial charge in [0.1, 0.15) is 16.9 Å². The van der Waals surface area contributed by atoms with E-state index in [2.05, 4.69) is 48.5 Å². The number of ether oxygens (including phenoxy) is 3. The summed E-state index contributed by atoms with van der Waals surface area (Å²) in [6.45, 7) is 6.97. The molecule has 1 aliphatic carbocycles. The van der Waals surface area contributed by atoms with Crippen molar-refractivity contribution in [2.24, 2.45) is 5.92 Å². The minimum absolute atomic E-state index is 0.00254. The smallest absolute Gasteiger partial charge is 0.336 e. The summed E-state index contributed by atoms with van der Waals surface area (Å²) in [5, 5.41) is 10.6. The normalized spacial score (nSPS) is 25.1. The van der Waals surface area contributed by atoms with Crippen molar-refractivity contribution in [2.45, 2.75) is 102 Å². The van der Waals surface area contributed by atoms with Gasteiger partial charge < -0.3 is 23.7 Å². The summed E-state index contributed by atoms with van der Waals surface area (Å²) >= 11 is 0. The predicted octanol–water partition coefficient (Wildman–Crippen LogP) is 7.99. The molecule has 1 N–H and O–H groups in total. The second-order valence-electron chi connectivity index (χ2n) is 14.8. The zero-order valence-corrected chi connectivity index (χ0v) is 29.1. The van der Waals surface area contributed by atoms with Gasteiger partial charge >= 0.3 is 17.6 Å². The van der Waals surface area contributed by atoms with Crippen LogP contribution < -0.4 is 10.4 Å². The van der Waals surface area contributed by atoms with Gasteiger partial charge in [-0.05, 0) is 112 Å². The largest absolute Gasteiger partial charge is 0.483 e. The molecule has 50 heavy (non-hydrogen) atoms. The highest BCUT2D eigenvalue weighted by molar-refractivity contribution is 5.90. The first-order valence-electron chi connectivity index (χ1n) is 17.6. The van der Waals surface area contributed by atoms with Gasteiger partial charge in [-0.25, -0.2) is 9.59 Å². The quantitative estimate of drug-likeness (QED) is 0.129. The van der Waals surface area contributed by atoms with Crippen LogP contribution in [0, 0.1) is 5.92 Å². The van der Waals surface area contributed by atoms with Crippen molar-refractivity contribution in [3.63, 3.8) is 0 Å². The first-order valence-corrected chi connectivity index (χ1v) is 17.6. The number of fused-ring (bicyclic) bond motifs is 11. The van der Waals surface area contributed by atoms with Crippen LogP contribution in [0.25, 0.3) is 11.0 Å². The van der Waals surface area contributed by atoms with E-state index in [0.717, 1.165) is 30.4 Å². The SMILES string of the molecule is CC(C)=C1CCc2ccc(cc2)[C@@H]2CC[C@H](c3ccccc3)C[C@H]2CC(=O)O[C@@H]2c3c(ccc4c(CO)cc(=O)oc34)OC(C)(C)[C@H]2OC1=O. The Labute approximate surface area is 292 Å². The van der Waals surface area contributed by atoms with E-state index in [-0.39, 0.29) is 23.8 Å². The van der Waals surface area contributed by atoms with Gasteiger partial charge in [-0.2, -0.15) is 0 Å². The van der Waals surface area contributed by atoms with E-state index in [1.165, 1.54) is 17.2 Å². The van der Waals surface area contributed by atoms with E-state index in [1.807, 2.05) is 19.9 Å². The van der Waals surface area contributed by atoms with Crippen LogP contribution in [0.15, 0.2) is 93.2 Å². The Kier molecular flexibility index (Phi) is 9.16. The van der Waals surface area contributed by atoms with Crippen molar-refractivity contribution < 1.29 is 33.3 Å². The van der Waals surface area contributed by atoms with Crippen molar-refractivity contribution >= 4 is 22.9 Å². The van der Waals surface area contributed by atoms with Crippen molar-refractivity contribution in [1.29, 1.82) is 0 Å². The molecule has 4 aromatic rings. The lowest BCUT2D eigenvalue weighted by atomic mass is 9.68. The Morgan fingerprint density at radius 1 is 0.880 bits per heavy atom. The number of hydrogen-bond donors (Lipinski definition) is 1. The Hall–Kier alpha value is -4.69. The average molecular weight is 677 g/mol. The number of allylic oxidation sites excluding steroid dienone is 1. The van der Waals surface area contributed by atoms with Crippen LogP contribution in [0.1, 0.15) is 106 Å². The van der Waals surface area contributed by atoms with Gasteiger partial charge in [0, 0.05) is 23.4 Å². The van der Waals surface area contributed by atoms with Gasteiger partial charge in [0.15, 0.2) is 12.2 Å². The lowest BCUT2D eigenvalue weighted by Gasteiger charge is -2.43. The van der Waals surface area contributed by atoms with Crippen molar-refractivity contribution in [2.75, 3.05) is 0 Å². The number of aliphatic hydroxyl groups excluding tert-OH is 1. The molecule has 3 aliphatic heterocycles. The number of esters is 2. The molecule has 4 heterocycles. The van der Waals surface area contributed by atoms with E-state index in [1.54, 1.807) is 26.0 Å². The average Bonchev–Trinajstić information content (AvgIpc) is 3.09. The standard InChI is InChI=1S/C42H44O8/c1-24(2)31-16-12-25-10-13-27(14-11-25)32-17-15-28(26-8-6-5-7-9-26)20-29(32)21-35(44)48-39-37-34(50-42(3,4)40(39)49-41(31)46)19-18-33-30(23-43)22-36(45)47-38(33)37/h5-11,13-14,18-19,22,28-29,32,39-40,43H,12,15-17,20-21,23H2,1-4H3/t28-,29-,32-,39+,40-/m0/s1. The third-order valence-electron chi connectivity index (χ3n) is 10.9. The minimum atomic E-state index is -1.15. The Balaban J connectivity index is 1.35. The third kappa shape index (κ3) is 6.49. The highest BCUT2D eigenvalue weighted by Gasteiger charge is 2.51. The number of aryl methyl sites for hydroxylation is 1. The maximum Gasteiger partial charge on any atom is 0.336 e. The number of carbonyl (C=O) groups is 2. The maximum atomic E-state index is 14.3. The lowest BCUT2D eigenvalue weighted by Crippen LogP contribution is -2.52. The van der Waals surface area contributed by atoms with Crippen LogP contribution in [0.4, 0.5) is 0 Å². The lowest BCUT2D eigenvalue weighted by molar-refractivity contribution is -0.188. The molecule has 5 atom stereocenters. The van der Waals surface area contributed by atoms with E-state index in [4.69, 9.17) is 18.6 Å². The van der Waals surface area contributed by atoms with E-state index >= 15 is 0 Å². The summed E-state index contributed by atoms with van der Waals surface area (Å²) < 4.78 is 25.0. The van der Waals surface area contributed by atoms with Crippen LogP contribution in [0.3, 0.4) is 0 Å². The van der Waals surface area contributed by atoms with Crippen LogP contribution in [0.2, 0.25) is 0 Å². The molecule has 0 radical (unpaired) electrons. The zero-order valence-electron chi connectivity index (χ0n) is 29.1. The molecule has 8 nitrogen and oxygen atoms in total. The second-order valence-corrected chi connectivity index (χ2v) is 14.8. The molecule has 3 aromatic carbocycles. The number of carbonyl (C=O) groups excluding carboxylic acids is 2. The van der Waals surface area contributed by atoms with Crippen molar-refractivity contribution in [3.05, 3.63) is 122 Å². The number of rotatable bonds is 2.